The molecule has 8 heteroatoms. The number of fused-ring (bicyclic) bond motifs is 1. The molecule has 1 aromatic rings. The van der Waals surface area contributed by atoms with E-state index in [1.54, 1.807) is 16.4 Å². The minimum atomic E-state index is -3.43. The summed E-state index contributed by atoms with van der Waals surface area (Å²) in [6.45, 7) is 4.72. The second kappa shape index (κ2) is 7.17. The quantitative estimate of drug-likeness (QED) is 0.776. The van der Waals surface area contributed by atoms with Gasteiger partial charge < -0.3 is 14.5 Å². The molecular weight excluding hydrogens is 354 g/mol. The summed E-state index contributed by atoms with van der Waals surface area (Å²) >= 11 is 0. The van der Waals surface area contributed by atoms with Gasteiger partial charge in [0, 0.05) is 39.3 Å². The lowest BCUT2D eigenvalue weighted by Gasteiger charge is -2.35. The molecule has 3 aliphatic heterocycles. The number of carbonyl (C=O) groups is 1. The Hall–Kier alpha value is -1.64. The number of hydrogen-bond donors (Lipinski definition) is 0. The molecule has 0 bridgehead atoms. The van der Waals surface area contributed by atoms with Crippen molar-refractivity contribution < 1.29 is 17.9 Å². The molecule has 3 aliphatic rings. The minimum Gasteiger partial charge on any atom is -0.378 e. The maximum Gasteiger partial charge on any atom is 0.320 e. The van der Waals surface area contributed by atoms with Crippen molar-refractivity contribution in [3.63, 3.8) is 0 Å². The number of carbonyl (C=O) groups excluding carboxylic acids is 1. The fourth-order valence-electron chi connectivity index (χ4n) is 3.89. The SMILES string of the molecule is O=C(N1CCOCC1)N1CCc2ccc(S(=O)(=O)N3CCCC3)cc2C1. The van der Waals surface area contributed by atoms with Crippen LogP contribution in [0.5, 0.6) is 0 Å². The number of hydrogen-bond acceptors (Lipinski definition) is 4. The van der Waals surface area contributed by atoms with Gasteiger partial charge in [0.1, 0.15) is 0 Å². The molecule has 0 aromatic heterocycles. The summed E-state index contributed by atoms with van der Waals surface area (Å²) in [5.74, 6) is 0. The fraction of sp³-hybridized carbons (Fsp3) is 0.611. The van der Waals surface area contributed by atoms with Gasteiger partial charge in [0.25, 0.3) is 0 Å². The van der Waals surface area contributed by atoms with Crippen LogP contribution in [0.2, 0.25) is 0 Å². The number of amides is 2. The second-order valence-electron chi connectivity index (χ2n) is 7.10. The van der Waals surface area contributed by atoms with E-state index in [-0.39, 0.29) is 6.03 Å². The van der Waals surface area contributed by atoms with Gasteiger partial charge in [0.15, 0.2) is 0 Å². The highest BCUT2D eigenvalue weighted by Crippen LogP contribution is 2.26. The van der Waals surface area contributed by atoms with Gasteiger partial charge in [-0.3, -0.25) is 0 Å². The van der Waals surface area contributed by atoms with E-state index in [0.717, 1.165) is 30.4 Å². The lowest BCUT2D eigenvalue weighted by Crippen LogP contribution is -2.49. The van der Waals surface area contributed by atoms with Crippen LogP contribution < -0.4 is 0 Å². The predicted molar refractivity (Wildman–Crippen MR) is 96.3 cm³/mol. The van der Waals surface area contributed by atoms with Crippen LogP contribution in [0, 0.1) is 0 Å². The zero-order chi connectivity index (χ0) is 18.1. The smallest absolute Gasteiger partial charge is 0.320 e. The normalized spacial score (nSPS) is 21.7. The number of urea groups is 1. The standard InChI is InChI=1S/C18H25N3O4S/c22-18(19-9-11-25-12-10-19)20-8-5-15-3-4-17(13-16(15)14-20)26(23,24)21-6-1-2-7-21/h3-4,13H,1-2,5-12,14H2. The van der Waals surface area contributed by atoms with Crippen LogP contribution >= 0.6 is 0 Å². The minimum absolute atomic E-state index is 0.0201. The molecule has 142 valence electrons. The van der Waals surface area contributed by atoms with Gasteiger partial charge in [-0.25, -0.2) is 13.2 Å². The second-order valence-corrected chi connectivity index (χ2v) is 9.03. The maximum atomic E-state index is 12.8. The van der Waals surface area contributed by atoms with Crippen molar-refractivity contribution in [3.8, 4) is 0 Å². The molecular formula is C18H25N3O4S. The summed E-state index contributed by atoms with van der Waals surface area (Å²) in [6.07, 6.45) is 2.60. The molecule has 26 heavy (non-hydrogen) atoms. The van der Waals surface area contributed by atoms with Gasteiger partial charge in [-0.15, -0.1) is 0 Å². The Morgan fingerprint density at radius 3 is 2.38 bits per heavy atom. The number of rotatable bonds is 2. The van der Waals surface area contributed by atoms with Crippen LogP contribution in [0.25, 0.3) is 0 Å². The molecule has 7 nitrogen and oxygen atoms in total. The van der Waals surface area contributed by atoms with E-state index >= 15 is 0 Å². The van der Waals surface area contributed by atoms with Gasteiger partial charge >= 0.3 is 6.03 Å². The van der Waals surface area contributed by atoms with Crippen LogP contribution in [-0.4, -0.2) is 74.5 Å². The Bertz CT molecular complexity index is 784. The van der Waals surface area contributed by atoms with E-state index in [9.17, 15) is 13.2 Å². The van der Waals surface area contributed by atoms with E-state index in [1.807, 2.05) is 15.9 Å². The first-order valence-corrected chi connectivity index (χ1v) is 10.7. The molecule has 0 unspecified atom stereocenters. The average molecular weight is 379 g/mol. The summed E-state index contributed by atoms with van der Waals surface area (Å²) in [7, 11) is -3.43. The van der Waals surface area contributed by atoms with Crippen LogP contribution in [0.1, 0.15) is 24.0 Å². The van der Waals surface area contributed by atoms with E-state index in [1.165, 1.54) is 0 Å². The van der Waals surface area contributed by atoms with Crippen molar-refractivity contribution in [2.45, 2.75) is 30.7 Å². The molecule has 1 aromatic carbocycles. The van der Waals surface area contributed by atoms with Crippen molar-refractivity contribution in [2.24, 2.45) is 0 Å². The highest BCUT2D eigenvalue weighted by molar-refractivity contribution is 7.89. The fourth-order valence-corrected chi connectivity index (χ4v) is 5.46. The van der Waals surface area contributed by atoms with Crippen LogP contribution in [0.4, 0.5) is 4.79 Å². The molecule has 2 amide bonds. The third kappa shape index (κ3) is 3.33. The van der Waals surface area contributed by atoms with E-state index in [0.29, 0.717) is 57.4 Å². The summed E-state index contributed by atoms with van der Waals surface area (Å²) < 4.78 is 32.5. The van der Waals surface area contributed by atoms with Gasteiger partial charge in [-0.2, -0.15) is 4.31 Å². The van der Waals surface area contributed by atoms with Crippen molar-refractivity contribution in [3.05, 3.63) is 29.3 Å². The Kier molecular flexibility index (Phi) is 4.90. The lowest BCUT2D eigenvalue weighted by molar-refractivity contribution is 0.0421. The van der Waals surface area contributed by atoms with Crippen LogP contribution in [-0.2, 0) is 27.7 Å². The van der Waals surface area contributed by atoms with Gasteiger partial charge in [-0.1, -0.05) is 6.07 Å². The molecule has 0 N–H and O–H groups in total. The zero-order valence-electron chi connectivity index (χ0n) is 14.9. The first-order chi connectivity index (χ1) is 12.6. The lowest BCUT2D eigenvalue weighted by atomic mass is 10.00. The number of nitrogens with zero attached hydrogens (tertiary/aromatic N) is 3. The number of ether oxygens (including phenoxy) is 1. The third-order valence-corrected chi connectivity index (χ3v) is 7.34. The summed E-state index contributed by atoms with van der Waals surface area (Å²) in [4.78, 5) is 16.7. The Morgan fingerprint density at radius 1 is 0.923 bits per heavy atom. The van der Waals surface area contributed by atoms with Crippen LogP contribution in [0.3, 0.4) is 0 Å². The largest absolute Gasteiger partial charge is 0.378 e. The molecule has 0 atom stereocenters. The first kappa shape index (κ1) is 17.8. The summed E-state index contributed by atoms with van der Waals surface area (Å²) in [5, 5.41) is 0. The maximum absolute atomic E-state index is 12.8. The van der Waals surface area contributed by atoms with Gasteiger partial charge in [-0.05, 0) is 42.5 Å². The summed E-state index contributed by atoms with van der Waals surface area (Å²) in [5.41, 5.74) is 2.08. The molecule has 3 heterocycles. The van der Waals surface area contributed by atoms with E-state index in [4.69, 9.17) is 4.74 Å². The Morgan fingerprint density at radius 2 is 1.65 bits per heavy atom. The molecule has 0 aliphatic carbocycles. The summed E-state index contributed by atoms with van der Waals surface area (Å²) in [6, 6.07) is 5.41. The van der Waals surface area contributed by atoms with E-state index < -0.39 is 10.0 Å². The molecule has 0 saturated carbocycles. The number of benzene rings is 1. The molecule has 2 fully saturated rings. The monoisotopic (exact) mass is 379 g/mol. The topological polar surface area (TPSA) is 70.2 Å². The van der Waals surface area contributed by atoms with Crippen molar-refractivity contribution >= 4 is 16.1 Å². The van der Waals surface area contributed by atoms with E-state index in [2.05, 4.69) is 0 Å². The van der Waals surface area contributed by atoms with Crippen molar-refractivity contribution in [1.82, 2.24) is 14.1 Å². The molecule has 0 spiro atoms. The Labute approximate surface area is 154 Å². The number of sulfonamides is 1. The molecule has 0 radical (unpaired) electrons. The number of morpholine rings is 1. The highest BCUT2D eigenvalue weighted by atomic mass is 32.2. The average Bonchev–Trinajstić information content (AvgIpc) is 3.23. The Balaban J connectivity index is 1.53. The van der Waals surface area contributed by atoms with Gasteiger partial charge in [0.05, 0.1) is 18.1 Å². The molecule has 4 rings (SSSR count). The van der Waals surface area contributed by atoms with Crippen LogP contribution in [0.15, 0.2) is 23.1 Å². The highest BCUT2D eigenvalue weighted by Gasteiger charge is 2.30. The first-order valence-electron chi connectivity index (χ1n) is 9.29. The molecule has 2 saturated heterocycles. The van der Waals surface area contributed by atoms with Gasteiger partial charge in [0.2, 0.25) is 10.0 Å². The van der Waals surface area contributed by atoms with Crippen molar-refractivity contribution in [1.29, 1.82) is 0 Å². The third-order valence-electron chi connectivity index (χ3n) is 5.44. The predicted octanol–water partition coefficient (Wildman–Crippen LogP) is 1.28. The van der Waals surface area contributed by atoms with Crippen molar-refractivity contribution in [2.75, 3.05) is 45.9 Å². The zero-order valence-corrected chi connectivity index (χ0v) is 15.7.